The van der Waals surface area contributed by atoms with Gasteiger partial charge in [-0.05, 0) is 37.3 Å². The number of benzene rings is 1. The third kappa shape index (κ3) is 2.69. The molecule has 0 heterocycles. The minimum Gasteiger partial charge on any atom is -0.324 e. The Kier molecular flexibility index (Phi) is 3.22. The van der Waals surface area contributed by atoms with E-state index in [1.54, 1.807) is 0 Å². The van der Waals surface area contributed by atoms with Crippen molar-refractivity contribution >= 4 is 5.57 Å². The number of allylic oxidation sites excluding steroid dienone is 1. The van der Waals surface area contributed by atoms with E-state index in [-0.39, 0.29) is 6.04 Å². The SMILES string of the molecule is Cc1cccc(C2=CC(N)CCCC2)c1. The molecule has 80 valence electrons. The molecule has 0 bridgehead atoms. The molecule has 1 heteroatoms. The molecule has 1 aromatic carbocycles. The Balaban J connectivity index is 2.28. The number of aryl methyl sites for hydroxylation is 1. The van der Waals surface area contributed by atoms with E-state index in [9.17, 15) is 0 Å². The lowest BCUT2D eigenvalue weighted by atomic mass is 9.99. The summed E-state index contributed by atoms with van der Waals surface area (Å²) in [5.41, 5.74) is 10.1. The van der Waals surface area contributed by atoms with E-state index in [2.05, 4.69) is 37.3 Å². The van der Waals surface area contributed by atoms with Gasteiger partial charge in [0.05, 0.1) is 0 Å². The summed E-state index contributed by atoms with van der Waals surface area (Å²) in [6.45, 7) is 2.14. The second-order valence-corrected chi connectivity index (χ2v) is 4.47. The largest absolute Gasteiger partial charge is 0.324 e. The number of hydrogen-bond acceptors (Lipinski definition) is 1. The molecule has 2 N–H and O–H groups in total. The van der Waals surface area contributed by atoms with Crippen LogP contribution in [0.15, 0.2) is 30.3 Å². The van der Waals surface area contributed by atoms with Gasteiger partial charge in [-0.25, -0.2) is 0 Å². The van der Waals surface area contributed by atoms with Crippen LogP contribution in [0.4, 0.5) is 0 Å². The van der Waals surface area contributed by atoms with Crippen LogP contribution in [0.1, 0.15) is 36.8 Å². The molecule has 0 radical (unpaired) electrons. The predicted octanol–water partition coefficient (Wildman–Crippen LogP) is 3.28. The lowest BCUT2D eigenvalue weighted by molar-refractivity contribution is 0.658. The quantitative estimate of drug-likeness (QED) is 0.741. The first-order chi connectivity index (χ1) is 7.25. The molecular formula is C14H19N. The third-order valence-corrected chi connectivity index (χ3v) is 3.04. The first-order valence-electron chi connectivity index (χ1n) is 5.79. The van der Waals surface area contributed by atoms with Crippen molar-refractivity contribution in [1.29, 1.82) is 0 Å². The zero-order valence-electron chi connectivity index (χ0n) is 9.37. The smallest absolute Gasteiger partial charge is 0.0229 e. The summed E-state index contributed by atoms with van der Waals surface area (Å²) >= 11 is 0. The summed E-state index contributed by atoms with van der Waals surface area (Å²) in [6, 6.07) is 8.96. The fourth-order valence-electron chi connectivity index (χ4n) is 2.21. The van der Waals surface area contributed by atoms with Crippen molar-refractivity contribution in [3.05, 3.63) is 41.5 Å². The molecule has 2 rings (SSSR count). The summed E-state index contributed by atoms with van der Waals surface area (Å²) in [6.07, 6.45) is 7.09. The van der Waals surface area contributed by atoms with Gasteiger partial charge in [0.1, 0.15) is 0 Å². The van der Waals surface area contributed by atoms with E-state index < -0.39 is 0 Å². The van der Waals surface area contributed by atoms with E-state index in [4.69, 9.17) is 5.73 Å². The Labute approximate surface area is 92.0 Å². The highest BCUT2D eigenvalue weighted by atomic mass is 14.6. The molecule has 15 heavy (non-hydrogen) atoms. The molecule has 1 atom stereocenters. The normalized spacial score (nSPS) is 22.0. The van der Waals surface area contributed by atoms with Gasteiger partial charge in [-0.15, -0.1) is 0 Å². The van der Waals surface area contributed by atoms with Crippen LogP contribution < -0.4 is 5.73 Å². The maximum atomic E-state index is 6.02. The topological polar surface area (TPSA) is 26.0 Å². The van der Waals surface area contributed by atoms with E-state index in [0.29, 0.717) is 0 Å². The van der Waals surface area contributed by atoms with Gasteiger partial charge in [0.15, 0.2) is 0 Å². The number of nitrogens with two attached hydrogens (primary N) is 1. The van der Waals surface area contributed by atoms with Gasteiger partial charge in [-0.3, -0.25) is 0 Å². The van der Waals surface area contributed by atoms with Crippen molar-refractivity contribution in [2.45, 2.75) is 38.6 Å². The van der Waals surface area contributed by atoms with Gasteiger partial charge in [0, 0.05) is 6.04 Å². The molecule has 1 aliphatic carbocycles. The van der Waals surface area contributed by atoms with Crippen LogP contribution in [0, 0.1) is 6.92 Å². The van der Waals surface area contributed by atoms with Crippen LogP contribution in [0.3, 0.4) is 0 Å². The molecule has 0 amide bonds. The summed E-state index contributed by atoms with van der Waals surface area (Å²) in [5.74, 6) is 0. The number of hydrogen-bond donors (Lipinski definition) is 1. The van der Waals surface area contributed by atoms with Gasteiger partial charge >= 0.3 is 0 Å². The van der Waals surface area contributed by atoms with Gasteiger partial charge in [-0.1, -0.05) is 42.3 Å². The fourth-order valence-corrected chi connectivity index (χ4v) is 2.21. The Hall–Kier alpha value is -1.08. The molecule has 0 saturated carbocycles. The van der Waals surface area contributed by atoms with Crippen molar-refractivity contribution in [3.8, 4) is 0 Å². The summed E-state index contributed by atoms with van der Waals surface area (Å²) < 4.78 is 0. The van der Waals surface area contributed by atoms with Crippen LogP contribution in [0.2, 0.25) is 0 Å². The van der Waals surface area contributed by atoms with Crippen molar-refractivity contribution in [2.24, 2.45) is 5.73 Å². The third-order valence-electron chi connectivity index (χ3n) is 3.04. The lowest BCUT2D eigenvalue weighted by Crippen LogP contribution is -2.15. The standard InChI is InChI=1S/C14H19N/c1-11-5-4-7-12(9-11)13-6-2-3-8-14(15)10-13/h4-5,7,9-10,14H,2-3,6,8,15H2,1H3. The molecule has 1 nitrogen and oxygen atoms in total. The highest BCUT2D eigenvalue weighted by Gasteiger charge is 2.09. The van der Waals surface area contributed by atoms with E-state index in [0.717, 1.165) is 6.42 Å². The molecule has 1 aliphatic rings. The zero-order valence-corrected chi connectivity index (χ0v) is 9.37. The molecule has 1 unspecified atom stereocenters. The lowest BCUT2D eigenvalue weighted by Gasteiger charge is -2.07. The zero-order chi connectivity index (χ0) is 10.7. The average Bonchev–Trinajstić information content (AvgIpc) is 2.43. The highest BCUT2D eigenvalue weighted by molar-refractivity contribution is 5.66. The van der Waals surface area contributed by atoms with E-state index in [1.807, 2.05) is 0 Å². The van der Waals surface area contributed by atoms with Crippen LogP contribution in [-0.2, 0) is 0 Å². The molecule has 0 aliphatic heterocycles. The molecule has 1 aromatic rings. The van der Waals surface area contributed by atoms with Gasteiger partial charge < -0.3 is 5.73 Å². The van der Waals surface area contributed by atoms with Crippen molar-refractivity contribution in [1.82, 2.24) is 0 Å². The first kappa shape index (κ1) is 10.4. The van der Waals surface area contributed by atoms with Crippen LogP contribution in [0.25, 0.3) is 5.57 Å². The fraction of sp³-hybridized carbons (Fsp3) is 0.429. The van der Waals surface area contributed by atoms with Gasteiger partial charge in [0.2, 0.25) is 0 Å². The van der Waals surface area contributed by atoms with Crippen LogP contribution >= 0.6 is 0 Å². The van der Waals surface area contributed by atoms with Crippen LogP contribution in [-0.4, -0.2) is 6.04 Å². The van der Waals surface area contributed by atoms with E-state index in [1.165, 1.54) is 36.0 Å². The second-order valence-electron chi connectivity index (χ2n) is 4.47. The summed E-state index contributed by atoms with van der Waals surface area (Å²) in [7, 11) is 0. The summed E-state index contributed by atoms with van der Waals surface area (Å²) in [4.78, 5) is 0. The highest BCUT2D eigenvalue weighted by Crippen LogP contribution is 2.25. The van der Waals surface area contributed by atoms with Gasteiger partial charge in [0.25, 0.3) is 0 Å². The Morgan fingerprint density at radius 1 is 1.27 bits per heavy atom. The minimum atomic E-state index is 0.253. The monoisotopic (exact) mass is 201 g/mol. The summed E-state index contributed by atoms with van der Waals surface area (Å²) in [5, 5.41) is 0. The first-order valence-corrected chi connectivity index (χ1v) is 5.79. The Morgan fingerprint density at radius 3 is 2.93 bits per heavy atom. The minimum absolute atomic E-state index is 0.253. The maximum absolute atomic E-state index is 6.02. The second kappa shape index (κ2) is 4.63. The molecule has 0 fully saturated rings. The predicted molar refractivity (Wildman–Crippen MR) is 65.6 cm³/mol. The van der Waals surface area contributed by atoms with Crippen molar-refractivity contribution in [3.63, 3.8) is 0 Å². The van der Waals surface area contributed by atoms with Gasteiger partial charge in [-0.2, -0.15) is 0 Å². The van der Waals surface area contributed by atoms with E-state index >= 15 is 0 Å². The van der Waals surface area contributed by atoms with Crippen molar-refractivity contribution in [2.75, 3.05) is 0 Å². The number of rotatable bonds is 1. The average molecular weight is 201 g/mol. The Bertz CT molecular complexity index is 365. The van der Waals surface area contributed by atoms with Crippen LogP contribution in [0.5, 0.6) is 0 Å². The maximum Gasteiger partial charge on any atom is 0.0229 e. The molecule has 0 spiro atoms. The molecular weight excluding hydrogens is 182 g/mol. The molecule has 0 saturated heterocycles. The Morgan fingerprint density at radius 2 is 2.13 bits per heavy atom. The molecule has 0 aromatic heterocycles. The van der Waals surface area contributed by atoms with Crippen molar-refractivity contribution < 1.29 is 0 Å².